The summed E-state index contributed by atoms with van der Waals surface area (Å²) in [7, 11) is 1.38. The van der Waals surface area contributed by atoms with E-state index in [0.717, 1.165) is 0 Å². The maximum absolute atomic E-state index is 11.1. The minimum atomic E-state index is -0.806. The standard InChI is InChI=1S/C7H12N2O3/c1-4(2)9-7(11)5(10)6(8-9)12-3/h4,6,8H,1-3H3. The maximum Gasteiger partial charge on any atom is 0.308 e. The number of Topliss-reactive ketones (excluding diaryl/α,β-unsaturated/α-hetero) is 1. The number of carbonyl (C=O) groups excluding carboxylic acids is 2. The van der Waals surface area contributed by atoms with Gasteiger partial charge in [0.1, 0.15) is 0 Å². The van der Waals surface area contributed by atoms with Crippen molar-refractivity contribution < 1.29 is 14.3 Å². The van der Waals surface area contributed by atoms with Gasteiger partial charge in [0.25, 0.3) is 5.78 Å². The Bertz CT molecular complexity index is 215. The van der Waals surface area contributed by atoms with E-state index in [1.54, 1.807) is 0 Å². The van der Waals surface area contributed by atoms with Crippen molar-refractivity contribution in [3.05, 3.63) is 0 Å². The zero-order valence-electron chi connectivity index (χ0n) is 7.33. The molecule has 1 N–H and O–H groups in total. The van der Waals surface area contributed by atoms with Gasteiger partial charge in [-0.3, -0.25) is 14.6 Å². The van der Waals surface area contributed by atoms with Crippen molar-refractivity contribution in [3.63, 3.8) is 0 Å². The van der Waals surface area contributed by atoms with Gasteiger partial charge >= 0.3 is 5.91 Å². The lowest BCUT2D eigenvalue weighted by atomic mass is 10.3. The first-order valence-electron chi connectivity index (χ1n) is 3.74. The molecule has 0 aromatic rings. The van der Waals surface area contributed by atoms with Gasteiger partial charge in [-0.15, -0.1) is 0 Å². The van der Waals surface area contributed by atoms with Crippen molar-refractivity contribution in [2.24, 2.45) is 0 Å². The van der Waals surface area contributed by atoms with Gasteiger partial charge in [-0.1, -0.05) is 0 Å². The first-order valence-corrected chi connectivity index (χ1v) is 3.74. The Morgan fingerprint density at radius 1 is 1.50 bits per heavy atom. The molecule has 12 heavy (non-hydrogen) atoms. The molecule has 1 aliphatic heterocycles. The normalized spacial score (nSPS) is 24.3. The van der Waals surface area contributed by atoms with Gasteiger partial charge in [0.2, 0.25) is 0 Å². The van der Waals surface area contributed by atoms with Crippen LogP contribution in [0.15, 0.2) is 0 Å². The highest BCUT2D eigenvalue weighted by molar-refractivity contribution is 6.39. The highest BCUT2D eigenvalue weighted by atomic mass is 16.5. The maximum atomic E-state index is 11.1. The summed E-state index contributed by atoms with van der Waals surface area (Å²) in [4.78, 5) is 22.2. The summed E-state index contributed by atoms with van der Waals surface area (Å²) >= 11 is 0. The summed E-state index contributed by atoms with van der Waals surface area (Å²) in [5.74, 6) is -1.07. The number of ketones is 1. The van der Waals surface area contributed by atoms with Gasteiger partial charge < -0.3 is 4.74 Å². The number of nitrogens with one attached hydrogen (secondary N) is 1. The lowest BCUT2D eigenvalue weighted by molar-refractivity contribution is -0.143. The Balaban J connectivity index is 2.74. The Morgan fingerprint density at radius 2 is 2.08 bits per heavy atom. The second-order valence-corrected chi connectivity index (χ2v) is 2.88. The van der Waals surface area contributed by atoms with Crippen LogP contribution in [0, 0.1) is 0 Å². The van der Waals surface area contributed by atoms with Crippen LogP contribution >= 0.6 is 0 Å². The third-order valence-corrected chi connectivity index (χ3v) is 1.68. The number of amides is 1. The molecule has 1 amide bonds. The minimum Gasteiger partial charge on any atom is -0.357 e. The van der Waals surface area contributed by atoms with Crippen LogP contribution in [0.25, 0.3) is 0 Å². The lowest BCUT2D eigenvalue weighted by Gasteiger charge is -2.19. The van der Waals surface area contributed by atoms with Crippen LogP contribution in [0.2, 0.25) is 0 Å². The summed E-state index contributed by atoms with van der Waals surface area (Å²) in [6.45, 7) is 3.63. The Labute approximate surface area is 70.6 Å². The van der Waals surface area contributed by atoms with Gasteiger partial charge in [-0.05, 0) is 13.8 Å². The second kappa shape index (κ2) is 3.20. The second-order valence-electron chi connectivity index (χ2n) is 2.88. The largest absolute Gasteiger partial charge is 0.357 e. The number of methoxy groups -OCH3 is 1. The van der Waals surface area contributed by atoms with Crippen LogP contribution in [-0.4, -0.2) is 36.1 Å². The molecule has 0 aromatic heterocycles. The van der Waals surface area contributed by atoms with Gasteiger partial charge in [-0.25, -0.2) is 0 Å². The minimum absolute atomic E-state index is 0.0402. The van der Waals surface area contributed by atoms with Crippen LogP contribution in [0.3, 0.4) is 0 Å². The molecular formula is C7H12N2O3. The number of ether oxygens (including phenoxy) is 1. The molecule has 5 heteroatoms. The summed E-state index contributed by atoms with van der Waals surface area (Å²) in [5, 5.41) is 1.27. The van der Waals surface area contributed by atoms with E-state index in [4.69, 9.17) is 4.74 Å². The van der Waals surface area contributed by atoms with Crippen LogP contribution in [-0.2, 0) is 14.3 Å². The third kappa shape index (κ3) is 1.33. The van der Waals surface area contributed by atoms with Crippen molar-refractivity contribution in [1.82, 2.24) is 10.4 Å². The molecule has 1 aliphatic rings. The highest BCUT2D eigenvalue weighted by Crippen LogP contribution is 2.07. The van der Waals surface area contributed by atoms with E-state index in [2.05, 4.69) is 5.43 Å². The van der Waals surface area contributed by atoms with E-state index in [1.807, 2.05) is 13.8 Å². The molecule has 0 aliphatic carbocycles. The SMILES string of the molecule is COC1NN(C(C)C)C(=O)C1=O. The van der Waals surface area contributed by atoms with E-state index in [1.165, 1.54) is 12.1 Å². The van der Waals surface area contributed by atoms with E-state index < -0.39 is 17.9 Å². The first kappa shape index (κ1) is 9.15. The Hall–Kier alpha value is -0.940. The molecule has 0 spiro atoms. The molecule has 0 bridgehead atoms. The lowest BCUT2D eigenvalue weighted by Crippen LogP contribution is -2.42. The molecule has 0 aromatic carbocycles. The molecule has 1 saturated heterocycles. The van der Waals surface area contributed by atoms with Gasteiger partial charge in [-0.2, -0.15) is 5.43 Å². The highest BCUT2D eigenvalue weighted by Gasteiger charge is 2.39. The van der Waals surface area contributed by atoms with Gasteiger partial charge in [0, 0.05) is 13.2 Å². The van der Waals surface area contributed by atoms with Crippen LogP contribution < -0.4 is 5.43 Å². The predicted molar refractivity (Wildman–Crippen MR) is 40.9 cm³/mol. The van der Waals surface area contributed by atoms with Crippen LogP contribution in [0.5, 0.6) is 0 Å². The average molecular weight is 172 g/mol. The summed E-state index contributed by atoms with van der Waals surface area (Å²) in [6, 6.07) is -0.0402. The van der Waals surface area contributed by atoms with Crippen molar-refractivity contribution in [3.8, 4) is 0 Å². The molecule has 68 valence electrons. The Kier molecular flexibility index (Phi) is 2.44. The third-order valence-electron chi connectivity index (χ3n) is 1.68. The first-order chi connectivity index (χ1) is 5.57. The van der Waals surface area contributed by atoms with Gasteiger partial charge in [0.05, 0.1) is 0 Å². The molecular weight excluding hydrogens is 160 g/mol. The van der Waals surface area contributed by atoms with Crippen molar-refractivity contribution in [1.29, 1.82) is 0 Å². The molecule has 0 radical (unpaired) electrons. The fraction of sp³-hybridized carbons (Fsp3) is 0.714. The molecule has 1 fully saturated rings. The average Bonchev–Trinajstić information content (AvgIpc) is 2.30. The van der Waals surface area contributed by atoms with E-state index in [-0.39, 0.29) is 6.04 Å². The van der Waals surface area contributed by atoms with E-state index >= 15 is 0 Å². The zero-order chi connectivity index (χ0) is 9.30. The monoisotopic (exact) mass is 172 g/mol. The molecule has 1 atom stereocenters. The number of carbonyl (C=O) groups is 2. The van der Waals surface area contributed by atoms with Crippen molar-refractivity contribution in [2.45, 2.75) is 26.1 Å². The summed E-state index contributed by atoms with van der Waals surface area (Å²) < 4.78 is 4.75. The topological polar surface area (TPSA) is 58.6 Å². The quantitative estimate of drug-likeness (QED) is 0.559. The number of rotatable bonds is 2. The van der Waals surface area contributed by atoms with Crippen LogP contribution in [0.1, 0.15) is 13.8 Å². The smallest absolute Gasteiger partial charge is 0.308 e. The number of hydrazine groups is 1. The summed E-state index contributed by atoms with van der Waals surface area (Å²) in [5.41, 5.74) is 2.65. The number of hydrogen-bond acceptors (Lipinski definition) is 4. The van der Waals surface area contributed by atoms with Crippen molar-refractivity contribution in [2.75, 3.05) is 7.11 Å². The summed E-state index contributed by atoms with van der Waals surface area (Å²) in [6.07, 6.45) is -0.806. The number of nitrogens with zero attached hydrogens (tertiary/aromatic N) is 1. The van der Waals surface area contributed by atoms with Gasteiger partial charge in [0.15, 0.2) is 6.23 Å². The molecule has 5 nitrogen and oxygen atoms in total. The predicted octanol–water partition coefficient (Wildman–Crippen LogP) is -0.717. The fourth-order valence-electron chi connectivity index (χ4n) is 1.02. The molecule has 1 rings (SSSR count). The van der Waals surface area contributed by atoms with Crippen molar-refractivity contribution >= 4 is 11.7 Å². The fourth-order valence-corrected chi connectivity index (χ4v) is 1.02. The van der Waals surface area contributed by atoms with Crippen LogP contribution in [0.4, 0.5) is 0 Å². The van der Waals surface area contributed by atoms with E-state index in [9.17, 15) is 9.59 Å². The zero-order valence-corrected chi connectivity index (χ0v) is 7.33. The number of hydrogen-bond donors (Lipinski definition) is 1. The molecule has 1 unspecified atom stereocenters. The molecule has 0 saturated carbocycles. The molecule has 1 heterocycles. The van der Waals surface area contributed by atoms with E-state index in [0.29, 0.717) is 0 Å². The Morgan fingerprint density at radius 3 is 2.33 bits per heavy atom.